The maximum Gasteiger partial charge on any atom is 0.232 e. The van der Waals surface area contributed by atoms with Crippen LogP contribution in [0.15, 0.2) is 106 Å². The van der Waals surface area contributed by atoms with Crippen molar-refractivity contribution in [3.8, 4) is 11.1 Å². The average Bonchev–Trinajstić information content (AvgIpc) is 3.07. The lowest BCUT2D eigenvalue weighted by molar-refractivity contribution is 0.0979. The number of nitrogens with one attached hydrogen (secondary N) is 2. The molecule has 0 radical (unpaired) electrons. The zero-order valence-corrected chi connectivity index (χ0v) is 28.9. The Balaban J connectivity index is 1.50. The number of anilines is 4. The van der Waals surface area contributed by atoms with Crippen molar-refractivity contribution in [1.82, 2.24) is 29.9 Å². The predicted molar refractivity (Wildman–Crippen MR) is 196 cm³/mol. The standard InChI is InChI=1S/C34H20N8O4S4/c1-3-13-14(4-2)26(44)23-19(35-29-37-31(47)41-32(48)38-29)11-9-15(21(23)25(13)43)16-10-12-20(36-30-39-33(49)42-34(50)40-30)24-22(16)27(45)17-7-5-6-8-18(17)28(24)46/h3-12H,1-2H2,(H3,35,37,38,41,47,48)(H3,36,39,40,42,49,50). The fourth-order valence-corrected chi connectivity index (χ4v) is 6.85. The molecule has 12 nitrogen and oxygen atoms in total. The summed E-state index contributed by atoms with van der Waals surface area (Å²) >= 11 is 16.7. The molecule has 7 rings (SSSR count). The first-order valence-electron chi connectivity index (χ1n) is 14.4. The molecule has 0 spiro atoms. The fraction of sp³-hybridized carbons (Fsp3) is 0. The molecule has 16 heteroatoms. The van der Waals surface area contributed by atoms with Gasteiger partial charge in [0.05, 0.1) is 22.5 Å². The zero-order chi connectivity index (χ0) is 35.4. The van der Waals surface area contributed by atoms with Gasteiger partial charge >= 0.3 is 0 Å². The van der Waals surface area contributed by atoms with Crippen LogP contribution in [0.4, 0.5) is 23.3 Å². The van der Waals surface area contributed by atoms with Crippen LogP contribution in [-0.2, 0) is 0 Å². The van der Waals surface area contributed by atoms with Gasteiger partial charge in [0, 0.05) is 33.4 Å². The quantitative estimate of drug-likeness (QED) is 0.103. The topological polar surface area (TPSA) is 170 Å². The third-order valence-corrected chi connectivity index (χ3v) is 8.73. The van der Waals surface area contributed by atoms with Gasteiger partial charge in [0.25, 0.3) is 0 Å². The Morgan fingerprint density at radius 3 is 1.24 bits per heavy atom. The highest BCUT2D eigenvalue weighted by Crippen LogP contribution is 2.44. The number of thiol groups is 4. The summed E-state index contributed by atoms with van der Waals surface area (Å²) in [4.78, 5) is 81.6. The molecular weight excluding hydrogens is 713 g/mol. The van der Waals surface area contributed by atoms with E-state index in [1.807, 2.05) is 0 Å². The molecule has 0 bridgehead atoms. The molecule has 2 aliphatic carbocycles. The summed E-state index contributed by atoms with van der Waals surface area (Å²) in [5.41, 5.74) is 1.18. The minimum absolute atomic E-state index is 0.00339. The summed E-state index contributed by atoms with van der Waals surface area (Å²) in [6.07, 6.45) is 2.57. The third-order valence-electron chi connectivity index (χ3n) is 7.93. The molecule has 244 valence electrons. The van der Waals surface area contributed by atoms with Crippen molar-refractivity contribution < 1.29 is 19.2 Å². The van der Waals surface area contributed by atoms with Crippen molar-refractivity contribution in [2.45, 2.75) is 20.6 Å². The Morgan fingerprint density at radius 2 is 0.820 bits per heavy atom. The number of Topliss-reactive ketones (excluding diaryl/α,β-unsaturated/α-hetero) is 2. The predicted octanol–water partition coefficient (Wildman–Crippen LogP) is 6.19. The number of fused-ring (bicyclic) bond motifs is 3. The van der Waals surface area contributed by atoms with Crippen molar-refractivity contribution in [1.29, 1.82) is 0 Å². The second kappa shape index (κ2) is 12.8. The van der Waals surface area contributed by atoms with Gasteiger partial charge in [0.1, 0.15) is 0 Å². The summed E-state index contributed by atoms with van der Waals surface area (Å²) in [6.45, 7) is 7.51. The molecule has 0 unspecified atom stereocenters. The summed E-state index contributed by atoms with van der Waals surface area (Å²) in [7, 11) is 0. The summed E-state index contributed by atoms with van der Waals surface area (Å²) < 4.78 is 0. The average molecular weight is 733 g/mol. The highest BCUT2D eigenvalue weighted by molar-refractivity contribution is 7.81. The third kappa shape index (κ3) is 5.51. The van der Waals surface area contributed by atoms with E-state index in [4.69, 9.17) is 0 Å². The van der Waals surface area contributed by atoms with Gasteiger partial charge in [-0.25, -0.2) is 0 Å². The van der Waals surface area contributed by atoms with E-state index in [-0.39, 0.29) is 99.6 Å². The molecule has 2 aliphatic rings. The molecule has 0 atom stereocenters. The maximum atomic E-state index is 14.4. The molecule has 2 heterocycles. The molecule has 0 amide bonds. The smallest absolute Gasteiger partial charge is 0.232 e. The minimum atomic E-state index is -0.553. The number of carbonyl (C=O) groups is 4. The normalized spacial score (nSPS) is 13.4. The van der Waals surface area contributed by atoms with Gasteiger partial charge in [-0.1, -0.05) is 61.7 Å². The molecule has 5 aromatic rings. The zero-order valence-electron chi connectivity index (χ0n) is 25.3. The number of aromatic nitrogens is 6. The van der Waals surface area contributed by atoms with Crippen LogP contribution in [0.5, 0.6) is 0 Å². The number of hydrogen-bond acceptors (Lipinski definition) is 16. The van der Waals surface area contributed by atoms with Crippen molar-refractivity contribution >= 4 is 96.9 Å². The molecule has 2 aromatic heterocycles. The number of allylic oxidation sites excluding steroid dienone is 4. The highest BCUT2D eigenvalue weighted by atomic mass is 32.1. The number of ketones is 4. The Kier molecular flexibility index (Phi) is 8.47. The highest BCUT2D eigenvalue weighted by Gasteiger charge is 2.38. The summed E-state index contributed by atoms with van der Waals surface area (Å²) in [6, 6.07) is 12.7. The summed E-state index contributed by atoms with van der Waals surface area (Å²) in [5.74, 6) is -1.98. The van der Waals surface area contributed by atoms with Crippen LogP contribution in [0.2, 0.25) is 0 Å². The van der Waals surface area contributed by atoms with Gasteiger partial charge < -0.3 is 10.6 Å². The van der Waals surface area contributed by atoms with Crippen LogP contribution in [0, 0.1) is 0 Å². The van der Waals surface area contributed by atoms with Crippen LogP contribution in [0.3, 0.4) is 0 Å². The van der Waals surface area contributed by atoms with E-state index < -0.39 is 23.1 Å². The fourth-order valence-electron chi connectivity index (χ4n) is 5.93. The van der Waals surface area contributed by atoms with Gasteiger partial charge in [0.2, 0.25) is 11.9 Å². The van der Waals surface area contributed by atoms with E-state index >= 15 is 0 Å². The Morgan fingerprint density at radius 1 is 0.460 bits per heavy atom. The molecule has 0 saturated heterocycles. The van der Waals surface area contributed by atoms with E-state index in [0.717, 1.165) is 0 Å². The van der Waals surface area contributed by atoms with Gasteiger partial charge in [-0.3, -0.25) is 19.2 Å². The van der Waals surface area contributed by atoms with Crippen molar-refractivity contribution in [2.24, 2.45) is 0 Å². The van der Waals surface area contributed by atoms with Gasteiger partial charge in [0.15, 0.2) is 43.8 Å². The van der Waals surface area contributed by atoms with Crippen LogP contribution in [0.1, 0.15) is 52.6 Å². The van der Waals surface area contributed by atoms with E-state index in [1.54, 1.807) is 48.5 Å². The Hall–Kier alpha value is -5.42. The van der Waals surface area contributed by atoms with Crippen LogP contribution in [-0.4, -0.2) is 53.0 Å². The monoisotopic (exact) mass is 732 g/mol. The lowest BCUT2D eigenvalue weighted by Gasteiger charge is -2.26. The second-order valence-corrected chi connectivity index (χ2v) is 12.3. The summed E-state index contributed by atoms with van der Waals surface area (Å²) in [5, 5.41) is 6.27. The number of hydrogen-bond donors (Lipinski definition) is 6. The van der Waals surface area contributed by atoms with E-state index in [9.17, 15) is 19.2 Å². The first-order chi connectivity index (χ1) is 24.0. The molecule has 0 fully saturated rings. The van der Waals surface area contributed by atoms with Crippen molar-refractivity contribution in [3.63, 3.8) is 0 Å². The van der Waals surface area contributed by atoms with Gasteiger partial charge in [-0.15, -0.1) is 50.5 Å². The first-order valence-corrected chi connectivity index (χ1v) is 16.2. The van der Waals surface area contributed by atoms with E-state index in [1.165, 1.54) is 12.2 Å². The maximum absolute atomic E-state index is 14.4. The van der Waals surface area contributed by atoms with Crippen molar-refractivity contribution in [2.75, 3.05) is 10.6 Å². The lowest BCUT2D eigenvalue weighted by Crippen LogP contribution is -2.25. The van der Waals surface area contributed by atoms with Gasteiger partial charge in [-0.2, -0.15) is 29.9 Å². The first kappa shape index (κ1) is 33.1. The number of carbonyl (C=O) groups excluding carboxylic acids is 4. The van der Waals surface area contributed by atoms with Crippen molar-refractivity contribution in [3.05, 3.63) is 118 Å². The second-order valence-electron chi connectivity index (χ2n) is 10.7. The number of nitrogens with zero attached hydrogens (tertiary/aromatic N) is 6. The molecule has 0 aliphatic heterocycles. The number of rotatable bonds is 7. The molecule has 50 heavy (non-hydrogen) atoms. The SMILES string of the molecule is C=CC1=C(C=C)C(=O)c2c(-c3ccc(Nc4nc(S)nc(S)n4)c4c3C(=O)c3ccccc3C4=O)ccc(Nc3nc(S)nc(S)n3)c2C1=O. The minimum Gasteiger partial charge on any atom is -0.323 e. The molecular formula is C34H20N8O4S4. The van der Waals surface area contributed by atoms with Crippen LogP contribution < -0.4 is 10.6 Å². The molecule has 2 N–H and O–H groups in total. The van der Waals surface area contributed by atoms with Crippen LogP contribution in [0.25, 0.3) is 11.1 Å². The van der Waals surface area contributed by atoms with Crippen LogP contribution >= 0.6 is 50.5 Å². The Bertz CT molecular complexity index is 2420. The van der Waals surface area contributed by atoms with E-state index in [2.05, 4.69) is 104 Å². The van der Waals surface area contributed by atoms with Gasteiger partial charge in [-0.05, 0) is 23.3 Å². The largest absolute Gasteiger partial charge is 0.323 e. The molecule has 3 aromatic carbocycles. The van der Waals surface area contributed by atoms with E-state index in [0.29, 0.717) is 0 Å². The Labute approximate surface area is 305 Å². The lowest BCUT2D eigenvalue weighted by atomic mass is 9.75. The molecule has 0 saturated carbocycles. The number of benzene rings is 3.